The highest BCUT2D eigenvalue weighted by atomic mass is 16.2. The molecule has 0 radical (unpaired) electrons. The van der Waals surface area contributed by atoms with Crippen molar-refractivity contribution in [3.63, 3.8) is 0 Å². The fourth-order valence-corrected chi connectivity index (χ4v) is 3.33. The quantitative estimate of drug-likeness (QED) is 0.418. The maximum absolute atomic E-state index is 12.7. The van der Waals surface area contributed by atoms with E-state index in [2.05, 4.69) is 17.1 Å². The summed E-state index contributed by atoms with van der Waals surface area (Å²) < 4.78 is 1.92. The number of benzene rings is 2. The van der Waals surface area contributed by atoms with Crippen molar-refractivity contribution in [2.75, 3.05) is 7.05 Å². The molecule has 0 aliphatic carbocycles. The number of aromatic nitrogens is 3. The van der Waals surface area contributed by atoms with Gasteiger partial charge >= 0.3 is 0 Å². The van der Waals surface area contributed by atoms with Gasteiger partial charge in [-0.25, -0.2) is 0 Å². The normalized spacial score (nSPS) is 11.0. The fourth-order valence-electron chi connectivity index (χ4n) is 3.33. The van der Waals surface area contributed by atoms with E-state index >= 15 is 0 Å². The van der Waals surface area contributed by atoms with Crippen LogP contribution in [0.1, 0.15) is 16.8 Å². The monoisotopic (exact) mass is 408 g/mol. The van der Waals surface area contributed by atoms with Crippen LogP contribution in [0.2, 0.25) is 0 Å². The Hall–Kier alpha value is -3.99. The number of amides is 1. The van der Waals surface area contributed by atoms with Gasteiger partial charge in [-0.1, -0.05) is 66.7 Å². The van der Waals surface area contributed by atoms with E-state index in [-0.39, 0.29) is 5.91 Å². The second-order valence-corrected chi connectivity index (χ2v) is 7.33. The smallest absolute Gasteiger partial charge is 0.246 e. The average molecular weight is 409 g/mol. The lowest BCUT2D eigenvalue weighted by atomic mass is 10.1. The Kier molecular flexibility index (Phi) is 6.33. The largest absolute Gasteiger partial charge is 0.336 e. The first kappa shape index (κ1) is 20.3. The molecule has 154 valence electrons. The SMILES string of the molecule is CN(Cc1ccccn1)C(=O)C=Cc1cn(Cc2ccccc2)nc1-c1ccccc1. The molecular formula is C26H24N4O. The molecule has 0 spiro atoms. The van der Waals surface area contributed by atoms with Crippen LogP contribution in [0.3, 0.4) is 0 Å². The van der Waals surface area contributed by atoms with Crippen molar-refractivity contribution >= 4 is 12.0 Å². The summed E-state index contributed by atoms with van der Waals surface area (Å²) in [5.41, 5.74) is 4.80. The molecule has 0 bridgehead atoms. The van der Waals surface area contributed by atoms with Gasteiger partial charge < -0.3 is 4.90 Å². The van der Waals surface area contributed by atoms with Crippen molar-refractivity contribution in [1.29, 1.82) is 0 Å². The van der Waals surface area contributed by atoms with Crippen LogP contribution in [-0.4, -0.2) is 32.6 Å². The molecule has 4 aromatic rings. The number of hydrogen-bond acceptors (Lipinski definition) is 3. The van der Waals surface area contributed by atoms with E-state index in [1.54, 1.807) is 24.2 Å². The number of carbonyl (C=O) groups excluding carboxylic acids is 1. The Balaban J connectivity index is 1.56. The van der Waals surface area contributed by atoms with Crippen LogP contribution < -0.4 is 0 Å². The van der Waals surface area contributed by atoms with Gasteiger partial charge in [0.2, 0.25) is 5.91 Å². The van der Waals surface area contributed by atoms with Crippen molar-refractivity contribution in [3.05, 3.63) is 114 Å². The second-order valence-electron chi connectivity index (χ2n) is 7.33. The molecule has 0 aliphatic rings. The first-order chi connectivity index (χ1) is 15.2. The molecule has 0 atom stereocenters. The molecule has 0 fully saturated rings. The molecule has 0 unspecified atom stereocenters. The molecule has 2 aromatic carbocycles. The van der Waals surface area contributed by atoms with Gasteiger partial charge in [0, 0.05) is 36.6 Å². The van der Waals surface area contributed by atoms with Gasteiger partial charge in [-0.3, -0.25) is 14.5 Å². The van der Waals surface area contributed by atoms with Gasteiger partial charge in [0.15, 0.2) is 0 Å². The highest BCUT2D eigenvalue weighted by Crippen LogP contribution is 2.23. The van der Waals surface area contributed by atoms with E-state index in [1.165, 1.54) is 5.56 Å². The summed E-state index contributed by atoms with van der Waals surface area (Å²) in [6, 6.07) is 25.9. The predicted octanol–water partition coefficient (Wildman–Crippen LogP) is 4.67. The third kappa shape index (κ3) is 5.34. The highest BCUT2D eigenvalue weighted by molar-refractivity contribution is 5.92. The minimum absolute atomic E-state index is 0.0829. The number of rotatable bonds is 7. The molecule has 1 amide bonds. The minimum Gasteiger partial charge on any atom is -0.336 e. The van der Waals surface area contributed by atoms with E-state index in [0.717, 1.165) is 22.5 Å². The van der Waals surface area contributed by atoms with Gasteiger partial charge in [-0.15, -0.1) is 0 Å². The van der Waals surface area contributed by atoms with E-state index in [1.807, 2.05) is 83.7 Å². The predicted molar refractivity (Wildman–Crippen MR) is 123 cm³/mol. The lowest BCUT2D eigenvalue weighted by Crippen LogP contribution is -2.24. The number of pyridine rings is 1. The van der Waals surface area contributed by atoms with Crippen molar-refractivity contribution in [2.45, 2.75) is 13.1 Å². The fraction of sp³-hybridized carbons (Fsp3) is 0.115. The third-order valence-corrected chi connectivity index (χ3v) is 4.93. The zero-order valence-corrected chi connectivity index (χ0v) is 17.4. The molecule has 0 saturated carbocycles. The van der Waals surface area contributed by atoms with E-state index in [0.29, 0.717) is 13.1 Å². The van der Waals surface area contributed by atoms with Crippen LogP contribution in [0.5, 0.6) is 0 Å². The van der Waals surface area contributed by atoms with E-state index in [4.69, 9.17) is 5.10 Å². The van der Waals surface area contributed by atoms with Crippen LogP contribution in [0.25, 0.3) is 17.3 Å². The summed E-state index contributed by atoms with van der Waals surface area (Å²) in [4.78, 5) is 18.6. The zero-order valence-electron chi connectivity index (χ0n) is 17.4. The molecular weight excluding hydrogens is 384 g/mol. The minimum atomic E-state index is -0.0829. The Morgan fingerprint density at radius 3 is 2.39 bits per heavy atom. The van der Waals surface area contributed by atoms with Gasteiger partial charge in [0.05, 0.1) is 24.5 Å². The zero-order chi connectivity index (χ0) is 21.5. The molecule has 2 aromatic heterocycles. The summed E-state index contributed by atoms with van der Waals surface area (Å²) in [6.45, 7) is 1.13. The van der Waals surface area contributed by atoms with Gasteiger partial charge in [-0.2, -0.15) is 5.10 Å². The van der Waals surface area contributed by atoms with E-state index in [9.17, 15) is 4.79 Å². The summed E-state index contributed by atoms with van der Waals surface area (Å²) in [7, 11) is 1.78. The van der Waals surface area contributed by atoms with Crippen molar-refractivity contribution in [2.24, 2.45) is 0 Å². The molecule has 5 heteroatoms. The van der Waals surface area contributed by atoms with Crippen LogP contribution >= 0.6 is 0 Å². The molecule has 31 heavy (non-hydrogen) atoms. The first-order valence-corrected chi connectivity index (χ1v) is 10.2. The first-order valence-electron chi connectivity index (χ1n) is 10.2. The van der Waals surface area contributed by atoms with Crippen molar-refractivity contribution in [1.82, 2.24) is 19.7 Å². The van der Waals surface area contributed by atoms with Crippen molar-refractivity contribution in [3.8, 4) is 11.3 Å². The van der Waals surface area contributed by atoms with Crippen LogP contribution in [0, 0.1) is 0 Å². The third-order valence-electron chi connectivity index (χ3n) is 4.93. The lowest BCUT2D eigenvalue weighted by Gasteiger charge is -2.14. The number of likely N-dealkylation sites (N-methyl/N-ethyl adjacent to an activating group) is 1. The Bertz CT molecular complexity index is 1150. The Morgan fingerprint density at radius 1 is 0.968 bits per heavy atom. The highest BCUT2D eigenvalue weighted by Gasteiger charge is 2.11. The van der Waals surface area contributed by atoms with Gasteiger partial charge in [-0.05, 0) is 23.8 Å². The topological polar surface area (TPSA) is 51.0 Å². The average Bonchev–Trinajstić information content (AvgIpc) is 3.22. The summed E-state index contributed by atoms with van der Waals surface area (Å²) >= 11 is 0. The number of hydrogen-bond donors (Lipinski definition) is 0. The Labute approximate surface area is 182 Å². The maximum Gasteiger partial charge on any atom is 0.246 e. The number of nitrogens with zero attached hydrogens (tertiary/aromatic N) is 4. The van der Waals surface area contributed by atoms with Gasteiger partial charge in [0.1, 0.15) is 0 Å². The maximum atomic E-state index is 12.7. The van der Waals surface area contributed by atoms with E-state index < -0.39 is 0 Å². The van der Waals surface area contributed by atoms with Crippen LogP contribution in [0.15, 0.2) is 97.3 Å². The standard InChI is InChI=1S/C26H24N4O/c1-29(20-24-14-8-9-17-27-24)25(31)16-15-23-19-30(18-21-10-4-2-5-11-21)28-26(23)22-12-6-3-7-13-22/h2-17,19H,18,20H2,1H3. The summed E-state index contributed by atoms with van der Waals surface area (Å²) in [5.74, 6) is -0.0829. The molecule has 5 nitrogen and oxygen atoms in total. The Morgan fingerprint density at radius 2 is 1.68 bits per heavy atom. The molecule has 2 heterocycles. The molecule has 0 N–H and O–H groups in total. The molecule has 0 saturated heterocycles. The summed E-state index contributed by atoms with van der Waals surface area (Å²) in [6.07, 6.45) is 7.15. The van der Waals surface area contributed by atoms with Crippen LogP contribution in [-0.2, 0) is 17.9 Å². The van der Waals surface area contributed by atoms with Gasteiger partial charge in [0.25, 0.3) is 0 Å². The number of carbonyl (C=O) groups is 1. The lowest BCUT2D eigenvalue weighted by molar-refractivity contribution is -0.125. The molecule has 0 aliphatic heterocycles. The van der Waals surface area contributed by atoms with Crippen LogP contribution in [0.4, 0.5) is 0 Å². The molecule has 4 rings (SSSR count). The summed E-state index contributed by atoms with van der Waals surface area (Å²) in [5, 5.41) is 4.80. The van der Waals surface area contributed by atoms with Crippen molar-refractivity contribution < 1.29 is 4.79 Å². The second kappa shape index (κ2) is 9.67.